The fourth-order valence-corrected chi connectivity index (χ4v) is 5.01. The average Bonchev–Trinajstić information content (AvgIpc) is 3.38. The Hall–Kier alpha value is -4.17. The molecule has 1 amide bonds. The highest BCUT2D eigenvalue weighted by atomic mass is 32.2. The zero-order valence-corrected chi connectivity index (χ0v) is 20.5. The van der Waals surface area contributed by atoms with Gasteiger partial charge in [0.25, 0.3) is 5.91 Å². The third-order valence-electron chi connectivity index (χ3n) is 5.64. The molecule has 36 heavy (non-hydrogen) atoms. The second kappa shape index (κ2) is 10.6. The number of rotatable bonds is 7. The maximum absolute atomic E-state index is 13.6. The first-order valence-electron chi connectivity index (χ1n) is 11.6. The number of amides is 1. The van der Waals surface area contributed by atoms with Crippen molar-refractivity contribution >= 4 is 51.5 Å². The number of hydrogen-bond acceptors (Lipinski definition) is 6. The molecule has 0 radical (unpaired) electrons. The number of aromatic nitrogens is 2. The number of hydrogen-bond donors (Lipinski definition) is 0. The molecular weight excluding hydrogens is 472 g/mol. The van der Waals surface area contributed by atoms with E-state index in [0.717, 1.165) is 27.7 Å². The van der Waals surface area contributed by atoms with Gasteiger partial charge in [0.05, 0.1) is 23.7 Å². The lowest BCUT2D eigenvalue weighted by molar-refractivity contribution is -0.143. The minimum atomic E-state index is -0.302. The Kier molecular flexibility index (Phi) is 6.95. The molecule has 0 unspecified atom stereocenters. The lowest BCUT2D eigenvalue weighted by Gasteiger charge is -2.15. The number of carbonyl (C=O) groups excluding carboxylic acids is 2. The molecule has 2 aromatic carbocycles. The number of amidine groups is 1. The Morgan fingerprint density at radius 1 is 1.08 bits per heavy atom. The third-order valence-corrected chi connectivity index (χ3v) is 6.65. The van der Waals surface area contributed by atoms with Crippen LogP contribution in [0.15, 0.2) is 95.2 Å². The number of benzene rings is 2. The van der Waals surface area contributed by atoms with E-state index in [-0.39, 0.29) is 18.4 Å². The molecule has 4 aromatic rings. The van der Waals surface area contributed by atoms with Gasteiger partial charge in [-0.1, -0.05) is 42.5 Å². The van der Waals surface area contributed by atoms with Gasteiger partial charge in [-0.25, -0.2) is 4.99 Å². The summed E-state index contributed by atoms with van der Waals surface area (Å²) >= 11 is 1.34. The standard InChI is InChI=1S/C28H24N4O3S/c1-2-35-26(33)19-31-18-21(23-12-6-7-13-24(23)31)15-25-27(34)32(17-20-9-8-14-29-16-20)28(36-25)30-22-10-4-3-5-11-22/h3-16,18H,2,17,19H2,1H3/b25-15-,30-28?. The summed E-state index contributed by atoms with van der Waals surface area (Å²) in [6.07, 6.45) is 7.23. The Morgan fingerprint density at radius 2 is 1.89 bits per heavy atom. The van der Waals surface area contributed by atoms with Crippen LogP contribution in [-0.4, -0.2) is 38.1 Å². The van der Waals surface area contributed by atoms with Crippen LogP contribution in [0, 0.1) is 0 Å². The van der Waals surface area contributed by atoms with Crippen molar-refractivity contribution in [3.8, 4) is 0 Å². The van der Waals surface area contributed by atoms with Crippen LogP contribution in [0.25, 0.3) is 17.0 Å². The molecule has 0 spiro atoms. The first-order valence-corrected chi connectivity index (χ1v) is 12.4. The summed E-state index contributed by atoms with van der Waals surface area (Å²) in [6, 6.07) is 21.2. The Balaban J connectivity index is 1.52. The molecule has 2 aromatic heterocycles. The molecule has 8 heteroatoms. The van der Waals surface area contributed by atoms with Gasteiger partial charge in [-0.2, -0.15) is 0 Å². The van der Waals surface area contributed by atoms with Crippen molar-refractivity contribution in [2.45, 2.75) is 20.0 Å². The summed E-state index contributed by atoms with van der Waals surface area (Å²) in [5, 5.41) is 1.56. The van der Waals surface area contributed by atoms with E-state index < -0.39 is 0 Å². The van der Waals surface area contributed by atoms with E-state index in [4.69, 9.17) is 9.73 Å². The smallest absolute Gasteiger partial charge is 0.325 e. The Bertz CT molecular complexity index is 1460. The fourth-order valence-electron chi connectivity index (χ4n) is 4.03. The summed E-state index contributed by atoms with van der Waals surface area (Å²) in [5.74, 6) is -0.426. The molecule has 0 N–H and O–H groups in total. The highest BCUT2D eigenvalue weighted by Gasteiger charge is 2.34. The molecule has 0 atom stereocenters. The number of thioether (sulfide) groups is 1. The van der Waals surface area contributed by atoms with Crippen LogP contribution >= 0.6 is 11.8 Å². The van der Waals surface area contributed by atoms with Crippen LogP contribution in [0.5, 0.6) is 0 Å². The second-order valence-corrected chi connectivity index (χ2v) is 9.14. The lowest BCUT2D eigenvalue weighted by atomic mass is 10.1. The van der Waals surface area contributed by atoms with Crippen molar-refractivity contribution in [1.82, 2.24) is 14.5 Å². The van der Waals surface area contributed by atoms with E-state index in [2.05, 4.69) is 4.98 Å². The summed E-state index contributed by atoms with van der Waals surface area (Å²) in [6.45, 7) is 2.59. The monoisotopic (exact) mass is 496 g/mol. The van der Waals surface area contributed by atoms with Crippen molar-refractivity contribution < 1.29 is 14.3 Å². The molecule has 0 bridgehead atoms. The highest BCUT2D eigenvalue weighted by molar-refractivity contribution is 8.18. The Morgan fingerprint density at radius 3 is 2.67 bits per heavy atom. The molecule has 180 valence electrons. The molecular formula is C28H24N4O3S. The first-order chi connectivity index (χ1) is 17.6. The number of aliphatic imine (C=N–C) groups is 1. The van der Waals surface area contributed by atoms with Gasteiger partial charge in [0, 0.05) is 35.1 Å². The maximum Gasteiger partial charge on any atom is 0.325 e. The van der Waals surface area contributed by atoms with Crippen LogP contribution in [0.2, 0.25) is 0 Å². The maximum atomic E-state index is 13.6. The van der Waals surface area contributed by atoms with Crippen molar-refractivity contribution in [2.24, 2.45) is 4.99 Å². The fraction of sp³-hybridized carbons (Fsp3) is 0.143. The molecule has 1 saturated heterocycles. The van der Waals surface area contributed by atoms with E-state index in [0.29, 0.717) is 23.2 Å². The molecule has 3 heterocycles. The number of ether oxygens (including phenoxy) is 1. The largest absolute Gasteiger partial charge is 0.465 e. The highest BCUT2D eigenvalue weighted by Crippen LogP contribution is 2.36. The average molecular weight is 497 g/mol. The van der Waals surface area contributed by atoms with Gasteiger partial charge < -0.3 is 9.30 Å². The topological polar surface area (TPSA) is 76.8 Å². The minimum absolute atomic E-state index is 0.104. The number of carbonyl (C=O) groups is 2. The molecule has 5 rings (SSSR count). The number of pyridine rings is 1. The number of fused-ring (bicyclic) bond motifs is 1. The van der Waals surface area contributed by atoms with Crippen LogP contribution < -0.4 is 0 Å². The number of esters is 1. The zero-order chi connectivity index (χ0) is 24.9. The van der Waals surface area contributed by atoms with Crippen LogP contribution in [0.1, 0.15) is 18.1 Å². The summed E-state index contributed by atoms with van der Waals surface area (Å²) in [5.41, 5.74) is 3.45. The first kappa shape index (κ1) is 23.6. The molecule has 0 saturated carbocycles. The van der Waals surface area contributed by atoms with Gasteiger partial charge >= 0.3 is 5.97 Å². The number of nitrogens with zero attached hydrogens (tertiary/aromatic N) is 4. The van der Waals surface area contributed by atoms with E-state index in [1.54, 1.807) is 24.2 Å². The molecule has 7 nitrogen and oxygen atoms in total. The second-order valence-electron chi connectivity index (χ2n) is 8.13. The lowest BCUT2D eigenvalue weighted by Crippen LogP contribution is -2.28. The van der Waals surface area contributed by atoms with Gasteiger partial charge in [-0.3, -0.25) is 19.5 Å². The van der Waals surface area contributed by atoms with Crippen LogP contribution in [0.3, 0.4) is 0 Å². The van der Waals surface area contributed by atoms with Crippen molar-refractivity contribution in [1.29, 1.82) is 0 Å². The van der Waals surface area contributed by atoms with Crippen molar-refractivity contribution in [3.63, 3.8) is 0 Å². The quantitative estimate of drug-likeness (QED) is 0.253. The summed E-state index contributed by atoms with van der Waals surface area (Å²) < 4.78 is 6.99. The predicted octanol–water partition coefficient (Wildman–Crippen LogP) is 5.40. The van der Waals surface area contributed by atoms with Gasteiger partial charge in [0.15, 0.2) is 5.17 Å². The minimum Gasteiger partial charge on any atom is -0.465 e. The number of para-hydroxylation sites is 2. The molecule has 1 fully saturated rings. The normalized spacial score (nSPS) is 15.8. The molecule has 0 aliphatic carbocycles. The molecule has 1 aliphatic rings. The van der Waals surface area contributed by atoms with Gasteiger partial charge in [-0.05, 0) is 54.6 Å². The Labute approximate surface area is 213 Å². The molecule has 1 aliphatic heterocycles. The van der Waals surface area contributed by atoms with Crippen LogP contribution in [-0.2, 0) is 27.4 Å². The predicted molar refractivity (Wildman–Crippen MR) is 142 cm³/mol. The SMILES string of the molecule is CCOC(=O)Cn1cc(/C=C2\SC(=Nc3ccccc3)N(Cc3cccnc3)C2=O)c2ccccc21. The zero-order valence-electron chi connectivity index (χ0n) is 19.7. The summed E-state index contributed by atoms with van der Waals surface area (Å²) in [7, 11) is 0. The van der Waals surface area contributed by atoms with E-state index >= 15 is 0 Å². The van der Waals surface area contributed by atoms with Crippen molar-refractivity contribution in [3.05, 3.63) is 101 Å². The van der Waals surface area contributed by atoms with Gasteiger partial charge in [0.2, 0.25) is 0 Å². The van der Waals surface area contributed by atoms with E-state index in [1.807, 2.05) is 83.6 Å². The third kappa shape index (κ3) is 5.08. The van der Waals surface area contributed by atoms with Gasteiger partial charge in [0.1, 0.15) is 6.54 Å². The van der Waals surface area contributed by atoms with Crippen molar-refractivity contribution in [2.75, 3.05) is 6.61 Å². The van der Waals surface area contributed by atoms with Crippen LogP contribution in [0.4, 0.5) is 5.69 Å². The van der Waals surface area contributed by atoms with Gasteiger partial charge in [-0.15, -0.1) is 0 Å². The van der Waals surface area contributed by atoms with E-state index in [1.165, 1.54) is 11.8 Å². The summed E-state index contributed by atoms with van der Waals surface area (Å²) in [4.78, 5) is 36.9. The van der Waals surface area contributed by atoms with E-state index in [9.17, 15) is 9.59 Å².